The molecule has 2 saturated heterocycles. The van der Waals surface area contributed by atoms with E-state index < -0.39 is 23.4 Å². The minimum Gasteiger partial charge on any atom is -0.388 e. The molecular weight excluding hydrogens is 356 g/mol. The summed E-state index contributed by atoms with van der Waals surface area (Å²) >= 11 is 0. The van der Waals surface area contributed by atoms with Crippen molar-refractivity contribution in [3.8, 4) is 0 Å². The van der Waals surface area contributed by atoms with E-state index in [-0.39, 0.29) is 24.4 Å². The van der Waals surface area contributed by atoms with E-state index in [0.717, 1.165) is 6.42 Å². The van der Waals surface area contributed by atoms with E-state index in [1.165, 1.54) is 12.5 Å². The number of aliphatic hydroxyl groups excluding tert-OH is 2. The SMILES string of the molecule is CC(=O)NC[C@@H](O)[C@]12CC[C@@H](N(C)C)[C@H](O)[C@](C)(C[C@@H](c3ccccc3)C1)O2. The van der Waals surface area contributed by atoms with Crippen LogP contribution in [-0.2, 0) is 9.53 Å². The number of carbonyl (C=O) groups excluding carboxylic acids is 1. The van der Waals surface area contributed by atoms with Gasteiger partial charge in [0.15, 0.2) is 0 Å². The largest absolute Gasteiger partial charge is 0.388 e. The van der Waals surface area contributed by atoms with Gasteiger partial charge in [0.05, 0.1) is 17.3 Å². The molecule has 3 rings (SSSR count). The highest BCUT2D eigenvalue weighted by Gasteiger charge is 2.57. The zero-order chi connectivity index (χ0) is 20.5. The summed E-state index contributed by atoms with van der Waals surface area (Å²) in [5.74, 6) is -0.00375. The molecule has 2 aliphatic heterocycles. The quantitative estimate of drug-likeness (QED) is 0.712. The van der Waals surface area contributed by atoms with E-state index in [0.29, 0.717) is 19.3 Å². The Kier molecular flexibility index (Phi) is 6.15. The first-order chi connectivity index (χ1) is 13.2. The van der Waals surface area contributed by atoms with Crippen LogP contribution >= 0.6 is 0 Å². The van der Waals surface area contributed by atoms with Crippen molar-refractivity contribution in [2.75, 3.05) is 20.6 Å². The topological polar surface area (TPSA) is 82.0 Å². The van der Waals surface area contributed by atoms with Crippen LogP contribution in [0.25, 0.3) is 0 Å². The lowest BCUT2D eigenvalue weighted by Gasteiger charge is -2.52. The Balaban J connectivity index is 1.99. The molecule has 2 bridgehead atoms. The van der Waals surface area contributed by atoms with E-state index in [1.54, 1.807) is 0 Å². The molecule has 28 heavy (non-hydrogen) atoms. The molecule has 0 unspecified atom stereocenters. The van der Waals surface area contributed by atoms with E-state index in [4.69, 9.17) is 4.74 Å². The number of rotatable bonds is 5. The van der Waals surface area contributed by atoms with Gasteiger partial charge in [-0.25, -0.2) is 0 Å². The van der Waals surface area contributed by atoms with Gasteiger partial charge in [0, 0.05) is 19.5 Å². The van der Waals surface area contributed by atoms with Gasteiger partial charge < -0.3 is 25.2 Å². The molecular formula is C22H34N2O4. The Labute approximate surface area is 167 Å². The summed E-state index contributed by atoms with van der Waals surface area (Å²) in [6.07, 6.45) is 1.21. The molecule has 1 aromatic carbocycles. The number of nitrogens with one attached hydrogen (secondary N) is 1. The predicted octanol–water partition coefficient (Wildman–Crippen LogP) is 1.66. The Bertz CT molecular complexity index is 682. The number of benzene rings is 1. The maximum Gasteiger partial charge on any atom is 0.216 e. The van der Waals surface area contributed by atoms with Gasteiger partial charge in [-0.1, -0.05) is 30.3 Å². The van der Waals surface area contributed by atoms with Crippen molar-refractivity contribution in [2.45, 2.75) is 74.9 Å². The summed E-state index contributed by atoms with van der Waals surface area (Å²) in [7, 11) is 3.95. The lowest BCUT2D eigenvalue weighted by molar-refractivity contribution is -0.250. The standard InChI is InChI=1S/C22H34N2O4/c1-15(25)23-14-19(26)22-11-10-18(24(3)4)20(27)21(2,28-22)12-17(13-22)16-8-6-5-7-9-16/h5-9,17-20,26-27H,10-14H2,1-4H3,(H,23,25)/t17-,18-,19-,20+,21+,22+/m1/s1. The molecule has 0 radical (unpaired) electrons. The summed E-state index contributed by atoms with van der Waals surface area (Å²) < 4.78 is 6.58. The fourth-order valence-electron chi connectivity index (χ4n) is 5.12. The van der Waals surface area contributed by atoms with Crippen molar-refractivity contribution in [3.63, 3.8) is 0 Å². The average Bonchev–Trinajstić information content (AvgIpc) is 2.73. The zero-order valence-electron chi connectivity index (χ0n) is 17.4. The van der Waals surface area contributed by atoms with Crippen LogP contribution in [0.15, 0.2) is 30.3 Å². The van der Waals surface area contributed by atoms with E-state index in [9.17, 15) is 15.0 Å². The van der Waals surface area contributed by atoms with Crippen molar-refractivity contribution in [1.29, 1.82) is 0 Å². The van der Waals surface area contributed by atoms with Crippen LogP contribution in [0.4, 0.5) is 0 Å². The third-order valence-corrected chi connectivity index (χ3v) is 6.62. The van der Waals surface area contributed by atoms with Crippen LogP contribution in [-0.4, -0.2) is 71.1 Å². The first-order valence-corrected chi connectivity index (χ1v) is 10.2. The first-order valence-electron chi connectivity index (χ1n) is 10.2. The molecule has 0 aliphatic carbocycles. The minimum atomic E-state index is -0.838. The second-order valence-electron chi connectivity index (χ2n) is 8.96. The van der Waals surface area contributed by atoms with E-state index >= 15 is 0 Å². The van der Waals surface area contributed by atoms with Gasteiger partial charge in [-0.15, -0.1) is 0 Å². The minimum absolute atomic E-state index is 0.0469. The Morgan fingerprint density at radius 1 is 1.32 bits per heavy atom. The monoisotopic (exact) mass is 390 g/mol. The van der Waals surface area contributed by atoms with Crippen LogP contribution in [0.2, 0.25) is 0 Å². The molecule has 0 aromatic heterocycles. The molecule has 1 aromatic rings. The average molecular weight is 391 g/mol. The number of carbonyl (C=O) groups is 1. The van der Waals surface area contributed by atoms with Crippen molar-refractivity contribution in [3.05, 3.63) is 35.9 Å². The Morgan fingerprint density at radius 2 is 2.00 bits per heavy atom. The molecule has 156 valence electrons. The second-order valence-corrected chi connectivity index (χ2v) is 8.96. The molecule has 2 heterocycles. The number of fused-ring (bicyclic) bond motifs is 2. The second kappa shape index (κ2) is 8.11. The van der Waals surface area contributed by atoms with Crippen LogP contribution in [0.5, 0.6) is 0 Å². The van der Waals surface area contributed by atoms with Crippen LogP contribution < -0.4 is 5.32 Å². The van der Waals surface area contributed by atoms with Crippen LogP contribution in [0.3, 0.4) is 0 Å². The van der Waals surface area contributed by atoms with Gasteiger partial charge in [0.1, 0.15) is 6.10 Å². The highest BCUT2D eigenvalue weighted by Crippen LogP contribution is 2.51. The summed E-state index contributed by atoms with van der Waals surface area (Å²) in [5.41, 5.74) is -0.382. The van der Waals surface area contributed by atoms with Gasteiger partial charge >= 0.3 is 0 Å². The number of hydrogen-bond donors (Lipinski definition) is 3. The fraction of sp³-hybridized carbons (Fsp3) is 0.682. The molecule has 6 nitrogen and oxygen atoms in total. The van der Waals surface area contributed by atoms with Crippen LogP contribution in [0, 0.1) is 0 Å². The first kappa shape index (κ1) is 21.2. The lowest BCUT2D eigenvalue weighted by atomic mass is 9.72. The number of hydrogen-bond acceptors (Lipinski definition) is 5. The summed E-state index contributed by atoms with van der Waals surface area (Å²) in [6.45, 7) is 3.56. The van der Waals surface area contributed by atoms with Gasteiger partial charge in [-0.3, -0.25) is 4.79 Å². The third-order valence-electron chi connectivity index (χ3n) is 6.62. The van der Waals surface area contributed by atoms with Gasteiger partial charge in [0.2, 0.25) is 5.91 Å². The summed E-state index contributed by atoms with van der Waals surface area (Å²) in [4.78, 5) is 13.4. The summed E-state index contributed by atoms with van der Waals surface area (Å²) in [5, 5.41) is 25.1. The maximum absolute atomic E-state index is 11.4. The molecule has 0 saturated carbocycles. The van der Waals surface area contributed by atoms with Crippen molar-refractivity contribution in [2.24, 2.45) is 0 Å². The predicted molar refractivity (Wildman–Crippen MR) is 108 cm³/mol. The lowest BCUT2D eigenvalue weighted by Crippen LogP contribution is -2.61. The summed E-state index contributed by atoms with van der Waals surface area (Å²) in [6, 6.07) is 10.2. The number of nitrogens with zero attached hydrogens (tertiary/aromatic N) is 1. The molecule has 3 N–H and O–H groups in total. The van der Waals surface area contributed by atoms with Crippen LogP contribution in [0.1, 0.15) is 51.0 Å². The van der Waals surface area contributed by atoms with Gasteiger partial charge in [-0.2, -0.15) is 0 Å². The molecule has 6 heteroatoms. The number of amides is 1. The Morgan fingerprint density at radius 3 is 2.61 bits per heavy atom. The van der Waals surface area contributed by atoms with Gasteiger partial charge in [-0.05, 0) is 58.2 Å². The molecule has 2 aliphatic rings. The van der Waals surface area contributed by atoms with E-state index in [2.05, 4.69) is 17.4 Å². The third kappa shape index (κ3) is 4.10. The van der Waals surface area contributed by atoms with Crippen molar-refractivity contribution < 1.29 is 19.7 Å². The Hall–Kier alpha value is -1.47. The number of aliphatic hydroxyl groups is 2. The van der Waals surface area contributed by atoms with Gasteiger partial charge in [0.25, 0.3) is 0 Å². The molecule has 2 fully saturated rings. The zero-order valence-corrected chi connectivity index (χ0v) is 17.4. The smallest absolute Gasteiger partial charge is 0.216 e. The van der Waals surface area contributed by atoms with Crippen molar-refractivity contribution in [1.82, 2.24) is 10.2 Å². The molecule has 0 spiro atoms. The highest BCUT2D eigenvalue weighted by molar-refractivity contribution is 5.72. The number of ether oxygens (including phenoxy) is 1. The van der Waals surface area contributed by atoms with Crippen molar-refractivity contribution >= 4 is 5.91 Å². The normalized spacial score (nSPS) is 36.6. The van der Waals surface area contributed by atoms with E-state index in [1.807, 2.05) is 44.1 Å². The molecule has 6 atom stereocenters. The highest BCUT2D eigenvalue weighted by atomic mass is 16.6. The number of likely N-dealkylation sites (N-methyl/N-ethyl adjacent to an activating group) is 1. The fourth-order valence-corrected chi connectivity index (χ4v) is 5.12. The molecule has 1 amide bonds. The maximum atomic E-state index is 11.4.